The fourth-order valence-corrected chi connectivity index (χ4v) is 5.45. The molecular weight excluding hydrogens is 534 g/mol. The third-order valence-electron chi connectivity index (χ3n) is 7.95. The summed E-state index contributed by atoms with van der Waals surface area (Å²) in [6, 6.07) is 30.1. The van der Waals surface area contributed by atoms with Crippen LogP contribution in [0.2, 0.25) is 0 Å². The van der Waals surface area contributed by atoms with Crippen molar-refractivity contribution in [3.05, 3.63) is 108 Å². The summed E-state index contributed by atoms with van der Waals surface area (Å²) in [6.45, 7) is 5.88. The maximum atomic E-state index is 11.8. The Kier molecular flexibility index (Phi) is 12.8. The third-order valence-corrected chi connectivity index (χ3v) is 7.95. The maximum absolute atomic E-state index is 11.8. The monoisotopic (exact) mass is 581 g/mol. The van der Waals surface area contributed by atoms with Crippen molar-refractivity contribution in [1.82, 2.24) is 4.57 Å². The molecule has 1 heterocycles. The van der Waals surface area contributed by atoms with Crippen LogP contribution in [0.4, 0.5) is 0 Å². The number of carboxylic acid groups (broad SMARTS) is 1. The van der Waals surface area contributed by atoms with Gasteiger partial charge in [0.2, 0.25) is 0 Å². The van der Waals surface area contributed by atoms with E-state index >= 15 is 0 Å². The quantitative estimate of drug-likeness (QED) is 0.112. The molecule has 43 heavy (non-hydrogen) atoms. The number of carboxylic acids is 1. The molecule has 0 amide bonds. The predicted octanol–water partition coefficient (Wildman–Crippen LogP) is 9.30. The smallest absolute Gasteiger partial charge is 0.345 e. The number of hydrogen-bond donors (Lipinski definition) is 1. The Morgan fingerprint density at radius 2 is 1.42 bits per heavy atom. The zero-order chi connectivity index (χ0) is 30.3. The molecule has 3 aromatic carbocycles. The number of unbranched alkanes of at least 4 members (excludes halogenated alkanes) is 6. The highest BCUT2D eigenvalue weighted by Crippen LogP contribution is 2.26. The average Bonchev–Trinajstić information content (AvgIpc) is 3.39. The average molecular weight is 582 g/mol. The van der Waals surface area contributed by atoms with E-state index < -0.39 is 12.1 Å². The van der Waals surface area contributed by atoms with Crippen LogP contribution in [0.3, 0.4) is 0 Å². The first-order valence-corrected chi connectivity index (χ1v) is 15.9. The summed E-state index contributed by atoms with van der Waals surface area (Å²) < 4.78 is 14.2. The predicted molar refractivity (Wildman–Crippen MR) is 175 cm³/mol. The van der Waals surface area contributed by atoms with Gasteiger partial charge in [0.25, 0.3) is 0 Å². The number of benzene rings is 3. The van der Waals surface area contributed by atoms with E-state index in [0.29, 0.717) is 18.8 Å². The summed E-state index contributed by atoms with van der Waals surface area (Å²) >= 11 is 0. The van der Waals surface area contributed by atoms with Gasteiger partial charge in [-0.15, -0.1) is 0 Å². The number of aryl methyl sites for hydroxylation is 2. The highest BCUT2D eigenvalue weighted by molar-refractivity contribution is 5.73. The van der Waals surface area contributed by atoms with Gasteiger partial charge >= 0.3 is 5.97 Å². The molecule has 1 aromatic heterocycles. The van der Waals surface area contributed by atoms with E-state index in [9.17, 15) is 9.90 Å². The standard InChI is InChI=1S/C38H47NO4/c1-3-4-5-6-7-8-10-14-31-18-22-34(23-19-31)42-28-13-27-39-30(2)17-26-36(39)33-20-24-35(25-21-33)43-37(38(40)41)29-32-15-11-9-12-16-32/h9,11-12,15-26,37H,3-8,10,13-14,27-29H2,1-2H3,(H,40,41)/t37-/m1/s1. The van der Waals surface area contributed by atoms with Crippen molar-refractivity contribution in [3.63, 3.8) is 0 Å². The van der Waals surface area contributed by atoms with Crippen molar-refractivity contribution in [2.45, 2.75) is 90.7 Å². The summed E-state index contributed by atoms with van der Waals surface area (Å²) in [4.78, 5) is 11.8. The number of hydrogen-bond acceptors (Lipinski definition) is 3. The molecule has 0 aliphatic rings. The van der Waals surface area contributed by atoms with Gasteiger partial charge in [0.05, 0.1) is 6.61 Å². The van der Waals surface area contributed by atoms with E-state index in [1.165, 1.54) is 56.2 Å². The Morgan fingerprint density at radius 3 is 2.12 bits per heavy atom. The number of aromatic nitrogens is 1. The van der Waals surface area contributed by atoms with Gasteiger partial charge in [-0.3, -0.25) is 0 Å². The summed E-state index contributed by atoms with van der Waals surface area (Å²) in [5.41, 5.74) is 5.70. The number of aliphatic carboxylic acids is 1. The molecule has 0 radical (unpaired) electrons. The van der Waals surface area contributed by atoms with Crippen LogP contribution in [0, 0.1) is 6.92 Å². The lowest BCUT2D eigenvalue weighted by atomic mass is 10.0. The molecule has 0 fully saturated rings. The van der Waals surface area contributed by atoms with Crippen molar-refractivity contribution >= 4 is 5.97 Å². The fourth-order valence-electron chi connectivity index (χ4n) is 5.45. The maximum Gasteiger partial charge on any atom is 0.345 e. The molecule has 0 bridgehead atoms. The first-order chi connectivity index (χ1) is 21.0. The molecular formula is C38H47NO4. The van der Waals surface area contributed by atoms with E-state index in [1.54, 1.807) is 0 Å². The number of rotatable bonds is 19. The topological polar surface area (TPSA) is 60.7 Å². The Morgan fingerprint density at radius 1 is 0.744 bits per heavy atom. The molecule has 0 aliphatic carbocycles. The molecule has 0 saturated heterocycles. The van der Waals surface area contributed by atoms with E-state index in [0.717, 1.165) is 42.0 Å². The first kappa shape index (κ1) is 31.9. The second-order valence-corrected chi connectivity index (χ2v) is 11.4. The van der Waals surface area contributed by atoms with Crippen LogP contribution in [0.1, 0.15) is 75.1 Å². The molecule has 228 valence electrons. The molecule has 5 nitrogen and oxygen atoms in total. The van der Waals surface area contributed by atoms with Crippen molar-refractivity contribution in [2.75, 3.05) is 6.61 Å². The van der Waals surface area contributed by atoms with Crippen LogP contribution < -0.4 is 9.47 Å². The molecule has 1 atom stereocenters. The van der Waals surface area contributed by atoms with Crippen LogP contribution in [0.25, 0.3) is 11.3 Å². The van der Waals surface area contributed by atoms with Gasteiger partial charge in [0.1, 0.15) is 11.5 Å². The molecule has 0 aliphatic heterocycles. The largest absolute Gasteiger partial charge is 0.494 e. The highest BCUT2D eigenvalue weighted by atomic mass is 16.5. The van der Waals surface area contributed by atoms with E-state index in [2.05, 4.69) is 54.8 Å². The Labute approximate surface area is 257 Å². The van der Waals surface area contributed by atoms with Crippen molar-refractivity contribution in [3.8, 4) is 22.8 Å². The number of nitrogens with zero attached hydrogens (tertiary/aromatic N) is 1. The van der Waals surface area contributed by atoms with Crippen LogP contribution in [0.5, 0.6) is 11.5 Å². The molecule has 0 unspecified atom stereocenters. The summed E-state index contributed by atoms with van der Waals surface area (Å²) in [7, 11) is 0. The molecule has 4 aromatic rings. The number of carbonyl (C=O) groups is 1. The molecule has 0 spiro atoms. The number of ether oxygens (including phenoxy) is 2. The second-order valence-electron chi connectivity index (χ2n) is 11.4. The van der Waals surface area contributed by atoms with Gasteiger partial charge in [-0.05, 0) is 91.4 Å². The van der Waals surface area contributed by atoms with Crippen LogP contribution >= 0.6 is 0 Å². The summed E-state index contributed by atoms with van der Waals surface area (Å²) in [5, 5.41) is 9.68. The minimum Gasteiger partial charge on any atom is -0.494 e. The van der Waals surface area contributed by atoms with E-state index in [-0.39, 0.29) is 0 Å². The first-order valence-electron chi connectivity index (χ1n) is 15.9. The van der Waals surface area contributed by atoms with Gasteiger partial charge in [-0.25, -0.2) is 4.79 Å². The van der Waals surface area contributed by atoms with Crippen LogP contribution in [0.15, 0.2) is 91.0 Å². The molecule has 4 rings (SSSR count). The summed E-state index contributed by atoms with van der Waals surface area (Å²) in [5.74, 6) is 0.498. The van der Waals surface area contributed by atoms with Crippen LogP contribution in [-0.2, 0) is 24.2 Å². The highest BCUT2D eigenvalue weighted by Gasteiger charge is 2.20. The van der Waals surface area contributed by atoms with Crippen LogP contribution in [-0.4, -0.2) is 28.4 Å². The lowest BCUT2D eigenvalue weighted by Gasteiger charge is -2.16. The van der Waals surface area contributed by atoms with Gasteiger partial charge < -0.3 is 19.1 Å². The Bertz CT molecular complexity index is 1360. The van der Waals surface area contributed by atoms with Gasteiger partial charge in [0, 0.05) is 24.4 Å². The lowest BCUT2D eigenvalue weighted by Crippen LogP contribution is -2.29. The zero-order valence-electron chi connectivity index (χ0n) is 25.8. The SMILES string of the molecule is CCCCCCCCCc1ccc(OCCCn2c(C)ccc2-c2ccc(O[C@H](Cc3ccccc3)C(=O)O)cc2)cc1. The van der Waals surface area contributed by atoms with Crippen molar-refractivity contribution in [2.24, 2.45) is 0 Å². The molecule has 1 N–H and O–H groups in total. The fraction of sp³-hybridized carbons (Fsp3) is 0.395. The second kappa shape index (κ2) is 17.2. The van der Waals surface area contributed by atoms with E-state index in [4.69, 9.17) is 9.47 Å². The molecule has 5 heteroatoms. The van der Waals surface area contributed by atoms with Crippen molar-refractivity contribution < 1.29 is 19.4 Å². The lowest BCUT2D eigenvalue weighted by molar-refractivity contribution is -0.145. The van der Waals surface area contributed by atoms with E-state index in [1.807, 2.05) is 54.6 Å². The minimum atomic E-state index is -0.973. The molecule has 0 saturated carbocycles. The Balaban J connectivity index is 1.23. The normalized spacial score (nSPS) is 11.8. The van der Waals surface area contributed by atoms with Gasteiger partial charge in [-0.2, -0.15) is 0 Å². The third kappa shape index (κ3) is 10.3. The van der Waals surface area contributed by atoms with Gasteiger partial charge in [0.15, 0.2) is 6.10 Å². The Hall–Kier alpha value is -3.99. The van der Waals surface area contributed by atoms with Gasteiger partial charge in [-0.1, -0.05) is 87.9 Å². The van der Waals surface area contributed by atoms with Crippen molar-refractivity contribution in [1.29, 1.82) is 0 Å². The zero-order valence-corrected chi connectivity index (χ0v) is 25.8. The minimum absolute atomic E-state index is 0.311. The summed E-state index contributed by atoms with van der Waals surface area (Å²) in [6.07, 6.45) is 10.8.